The van der Waals surface area contributed by atoms with Crippen molar-refractivity contribution in [2.24, 2.45) is 0 Å². The quantitative estimate of drug-likeness (QED) is 0.593. The van der Waals surface area contributed by atoms with E-state index in [2.05, 4.69) is 48.9 Å². The number of aryl methyl sites for hydroxylation is 3. The molecule has 0 amide bonds. The Morgan fingerprint density at radius 1 is 1.11 bits per heavy atom. The summed E-state index contributed by atoms with van der Waals surface area (Å²) in [4.78, 5) is 10.6. The Hall–Kier alpha value is -1.45. The summed E-state index contributed by atoms with van der Waals surface area (Å²) < 4.78 is 0. The molecule has 0 bridgehead atoms. The van der Waals surface area contributed by atoms with Crippen LogP contribution in [0.3, 0.4) is 0 Å². The average molecular weight is 289 g/mol. The maximum absolute atomic E-state index is 5.86. The van der Waals surface area contributed by atoms with Gasteiger partial charge in [0.25, 0.3) is 0 Å². The van der Waals surface area contributed by atoms with E-state index in [9.17, 15) is 0 Å². The van der Waals surface area contributed by atoms with Crippen LogP contribution in [-0.2, 0) is 0 Å². The van der Waals surface area contributed by atoms with E-state index in [0.29, 0.717) is 5.28 Å². The van der Waals surface area contributed by atoms with Crippen molar-refractivity contribution in [1.29, 1.82) is 0 Å². The lowest BCUT2D eigenvalue weighted by molar-refractivity contribution is 1.23. The molecule has 3 rings (SSSR count). The van der Waals surface area contributed by atoms with Crippen LogP contribution >= 0.6 is 22.9 Å². The summed E-state index contributed by atoms with van der Waals surface area (Å²) in [5, 5.41) is 1.38. The average Bonchev–Trinajstić information content (AvgIpc) is 2.68. The number of benzene rings is 1. The van der Waals surface area contributed by atoms with Crippen LogP contribution in [0.15, 0.2) is 24.4 Å². The molecule has 2 heterocycles. The Bertz CT molecular complexity index is 777. The van der Waals surface area contributed by atoms with E-state index in [1.54, 1.807) is 11.3 Å². The van der Waals surface area contributed by atoms with Gasteiger partial charge in [0.1, 0.15) is 4.83 Å². The Morgan fingerprint density at radius 2 is 1.89 bits per heavy atom. The van der Waals surface area contributed by atoms with Gasteiger partial charge in [0, 0.05) is 22.0 Å². The molecule has 1 aromatic carbocycles. The molecule has 0 unspecified atom stereocenters. The highest BCUT2D eigenvalue weighted by molar-refractivity contribution is 7.19. The van der Waals surface area contributed by atoms with Crippen LogP contribution in [0.2, 0.25) is 5.28 Å². The fraction of sp³-hybridized carbons (Fsp3) is 0.200. The van der Waals surface area contributed by atoms with Crippen LogP contribution in [0.1, 0.15) is 16.0 Å². The smallest absolute Gasteiger partial charge is 0.223 e. The van der Waals surface area contributed by atoms with Crippen molar-refractivity contribution in [3.05, 3.63) is 45.7 Å². The zero-order chi connectivity index (χ0) is 13.6. The highest BCUT2D eigenvalue weighted by Crippen LogP contribution is 2.37. The second kappa shape index (κ2) is 4.58. The summed E-state index contributed by atoms with van der Waals surface area (Å²) >= 11 is 7.52. The molecule has 2 aromatic heterocycles. The first-order valence-electron chi connectivity index (χ1n) is 6.05. The maximum Gasteiger partial charge on any atom is 0.223 e. The number of rotatable bonds is 1. The minimum absolute atomic E-state index is 0.306. The molecule has 0 N–H and O–H groups in total. The van der Waals surface area contributed by atoms with Crippen LogP contribution in [-0.4, -0.2) is 9.97 Å². The summed E-state index contributed by atoms with van der Waals surface area (Å²) in [6.45, 7) is 6.38. The predicted octanol–water partition coefficient (Wildman–Crippen LogP) is 4.94. The SMILES string of the molecule is Cc1ccc(-c2c(C)sc3nc(Cl)ncc23)cc1C. The Morgan fingerprint density at radius 3 is 2.63 bits per heavy atom. The summed E-state index contributed by atoms with van der Waals surface area (Å²) in [7, 11) is 0. The van der Waals surface area contributed by atoms with Gasteiger partial charge in [0.2, 0.25) is 5.28 Å². The van der Waals surface area contributed by atoms with Crippen molar-refractivity contribution in [3.8, 4) is 11.1 Å². The first kappa shape index (κ1) is 12.6. The molecule has 0 aliphatic carbocycles. The molecule has 3 aromatic rings. The minimum Gasteiger partial charge on any atom is -0.226 e. The largest absolute Gasteiger partial charge is 0.226 e. The molecule has 4 heteroatoms. The highest BCUT2D eigenvalue weighted by atomic mass is 35.5. The van der Waals surface area contributed by atoms with Gasteiger partial charge in [0.05, 0.1) is 0 Å². The Kier molecular flexibility index (Phi) is 3.03. The summed E-state index contributed by atoms with van der Waals surface area (Å²) in [5.41, 5.74) is 5.05. The summed E-state index contributed by atoms with van der Waals surface area (Å²) in [6, 6.07) is 6.54. The van der Waals surface area contributed by atoms with E-state index in [1.807, 2.05) is 6.20 Å². The molecule has 0 saturated carbocycles. The number of nitrogens with zero attached hydrogens (tertiary/aromatic N) is 2. The molecule has 0 aliphatic heterocycles. The number of hydrogen-bond acceptors (Lipinski definition) is 3. The molecule has 0 atom stereocenters. The molecular weight excluding hydrogens is 276 g/mol. The van der Waals surface area contributed by atoms with Gasteiger partial charge < -0.3 is 0 Å². The van der Waals surface area contributed by atoms with Gasteiger partial charge in [-0.05, 0) is 49.1 Å². The lowest BCUT2D eigenvalue weighted by Crippen LogP contribution is -1.85. The molecule has 0 radical (unpaired) electrons. The second-order valence-corrected chi connectivity index (χ2v) is 6.23. The van der Waals surface area contributed by atoms with E-state index >= 15 is 0 Å². The van der Waals surface area contributed by atoms with Crippen molar-refractivity contribution in [2.45, 2.75) is 20.8 Å². The van der Waals surface area contributed by atoms with E-state index in [1.165, 1.54) is 27.1 Å². The number of fused-ring (bicyclic) bond motifs is 1. The van der Waals surface area contributed by atoms with Crippen molar-refractivity contribution in [1.82, 2.24) is 9.97 Å². The molecule has 19 heavy (non-hydrogen) atoms. The van der Waals surface area contributed by atoms with E-state index in [0.717, 1.165) is 10.2 Å². The fourth-order valence-corrected chi connectivity index (χ4v) is 3.44. The lowest BCUT2D eigenvalue weighted by atomic mass is 9.99. The first-order valence-corrected chi connectivity index (χ1v) is 7.25. The fourth-order valence-electron chi connectivity index (χ4n) is 2.24. The van der Waals surface area contributed by atoms with Gasteiger partial charge in [-0.25, -0.2) is 9.97 Å². The highest BCUT2D eigenvalue weighted by Gasteiger charge is 2.13. The van der Waals surface area contributed by atoms with Crippen LogP contribution in [0.5, 0.6) is 0 Å². The maximum atomic E-state index is 5.86. The number of hydrogen-bond donors (Lipinski definition) is 0. The first-order chi connectivity index (χ1) is 9.06. The van der Waals surface area contributed by atoms with Crippen molar-refractivity contribution in [3.63, 3.8) is 0 Å². The number of thiophene rings is 1. The molecule has 0 spiro atoms. The molecule has 2 nitrogen and oxygen atoms in total. The molecular formula is C15H13ClN2S. The molecule has 0 fully saturated rings. The zero-order valence-corrected chi connectivity index (χ0v) is 12.6. The number of halogens is 1. The molecule has 0 saturated heterocycles. The normalized spacial score (nSPS) is 11.2. The van der Waals surface area contributed by atoms with Crippen molar-refractivity contribution >= 4 is 33.2 Å². The van der Waals surface area contributed by atoms with Crippen LogP contribution in [0.4, 0.5) is 0 Å². The number of aromatic nitrogens is 2. The van der Waals surface area contributed by atoms with Crippen molar-refractivity contribution < 1.29 is 0 Å². The predicted molar refractivity (Wildman–Crippen MR) is 82.1 cm³/mol. The van der Waals surface area contributed by atoms with Crippen LogP contribution in [0, 0.1) is 20.8 Å². The van der Waals surface area contributed by atoms with Gasteiger partial charge in [-0.3, -0.25) is 0 Å². The zero-order valence-electron chi connectivity index (χ0n) is 11.0. The molecule has 0 aliphatic rings. The van der Waals surface area contributed by atoms with Crippen LogP contribution in [0.25, 0.3) is 21.3 Å². The van der Waals surface area contributed by atoms with Gasteiger partial charge in [-0.1, -0.05) is 18.2 Å². The van der Waals surface area contributed by atoms with Gasteiger partial charge in [-0.2, -0.15) is 0 Å². The lowest BCUT2D eigenvalue weighted by Gasteiger charge is -2.05. The molecule has 96 valence electrons. The summed E-state index contributed by atoms with van der Waals surface area (Å²) in [6.07, 6.45) is 1.82. The Labute approximate surface area is 121 Å². The third-order valence-corrected chi connectivity index (χ3v) is 4.59. The monoisotopic (exact) mass is 288 g/mol. The van der Waals surface area contributed by atoms with Crippen LogP contribution < -0.4 is 0 Å². The second-order valence-electron chi connectivity index (χ2n) is 4.69. The van der Waals surface area contributed by atoms with E-state index in [4.69, 9.17) is 11.6 Å². The van der Waals surface area contributed by atoms with Gasteiger partial charge in [0.15, 0.2) is 0 Å². The van der Waals surface area contributed by atoms with E-state index < -0.39 is 0 Å². The standard InChI is InChI=1S/C15H13ClN2S/c1-8-4-5-11(6-9(8)2)13-10(3)19-14-12(13)7-17-15(16)18-14/h4-7H,1-3H3. The minimum atomic E-state index is 0.306. The Balaban J connectivity index is 2.29. The van der Waals surface area contributed by atoms with Gasteiger partial charge in [-0.15, -0.1) is 11.3 Å². The van der Waals surface area contributed by atoms with E-state index in [-0.39, 0.29) is 0 Å². The topological polar surface area (TPSA) is 25.8 Å². The third-order valence-electron chi connectivity index (χ3n) is 3.39. The third kappa shape index (κ3) is 2.13. The van der Waals surface area contributed by atoms with Gasteiger partial charge >= 0.3 is 0 Å². The summed E-state index contributed by atoms with van der Waals surface area (Å²) in [5.74, 6) is 0. The van der Waals surface area contributed by atoms with Crippen molar-refractivity contribution in [2.75, 3.05) is 0 Å².